The fourth-order valence-electron chi connectivity index (χ4n) is 3.45. The van der Waals surface area contributed by atoms with Gasteiger partial charge in [0, 0.05) is 31.5 Å². The van der Waals surface area contributed by atoms with Crippen LogP contribution < -0.4 is 5.32 Å². The first kappa shape index (κ1) is 19.5. The van der Waals surface area contributed by atoms with Gasteiger partial charge in [-0.25, -0.2) is 0 Å². The largest absolute Gasteiger partial charge is 0.353 e. The number of nitrogens with zero attached hydrogens (tertiary/aromatic N) is 1. The number of piperidine rings is 1. The van der Waals surface area contributed by atoms with Crippen LogP contribution in [0.2, 0.25) is 0 Å². The molecule has 1 N–H and O–H groups in total. The number of carbonyl (C=O) groups excluding carboxylic acids is 2. The third kappa shape index (κ3) is 5.87. The highest BCUT2D eigenvalue weighted by Gasteiger charge is 2.26. The lowest BCUT2D eigenvalue weighted by Crippen LogP contribution is -2.48. The van der Waals surface area contributed by atoms with Gasteiger partial charge in [-0.1, -0.05) is 43.7 Å². The standard InChI is InChI=1S/C21H32N2O2/c1-4-18(5-2)21(25)23-14-12-19(13-15-23)22-20(24)11-10-17-8-6-16(3)7-9-17/h6-9,18-19H,4-5,10-15H2,1-3H3,(H,22,24). The molecule has 1 saturated heterocycles. The molecule has 0 radical (unpaired) electrons. The average molecular weight is 344 g/mol. The predicted molar refractivity (Wildman–Crippen MR) is 101 cm³/mol. The smallest absolute Gasteiger partial charge is 0.225 e. The highest BCUT2D eigenvalue weighted by Crippen LogP contribution is 2.17. The van der Waals surface area contributed by atoms with E-state index in [-0.39, 0.29) is 23.8 Å². The lowest BCUT2D eigenvalue weighted by molar-refractivity contribution is -0.137. The molecule has 4 heteroatoms. The van der Waals surface area contributed by atoms with E-state index in [1.54, 1.807) is 0 Å². The van der Waals surface area contributed by atoms with E-state index >= 15 is 0 Å². The van der Waals surface area contributed by atoms with Gasteiger partial charge < -0.3 is 10.2 Å². The quantitative estimate of drug-likeness (QED) is 0.823. The van der Waals surface area contributed by atoms with E-state index < -0.39 is 0 Å². The minimum Gasteiger partial charge on any atom is -0.353 e. The van der Waals surface area contributed by atoms with E-state index in [9.17, 15) is 9.59 Å². The Hall–Kier alpha value is -1.84. The summed E-state index contributed by atoms with van der Waals surface area (Å²) in [5.41, 5.74) is 2.44. The summed E-state index contributed by atoms with van der Waals surface area (Å²) in [4.78, 5) is 26.6. The number of hydrogen-bond donors (Lipinski definition) is 1. The maximum Gasteiger partial charge on any atom is 0.225 e. The molecule has 0 aromatic heterocycles. The topological polar surface area (TPSA) is 49.4 Å². The van der Waals surface area contributed by atoms with Gasteiger partial charge in [0.1, 0.15) is 0 Å². The molecule has 0 spiro atoms. The van der Waals surface area contributed by atoms with Crippen molar-refractivity contribution in [3.63, 3.8) is 0 Å². The number of aryl methyl sites for hydroxylation is 2. The Bertz CT molecular complexity index is 556. The van der Waals surface area contributed by atoms with Crippen molar-refractivity contribution in [2.45, 2.75) is 65.3 Å². The number of likely N-dealkylation sites (tertiary alicyclic amines) is 1. The van der Waals surface area contributed by atoms with Crippen LogP contribution in [-0.4, -0.2) is 35.8 Å². The molecule has 0 saturated carbocycles. The Kier molecular flexibility index (Phi) is 7.48. The predicted octanol–water partition coefficient (Wildman–Crippen LogP) is 3.47. The number of carbonyl (C=O) groups is 2. The van der Waals surface area contributed by atoms with Crippen molar-refractivity contribution in [3.05, 3.63) is 35.4 Å². The Morgan fingerprint density at radius 2 is 1.72 bits per heavy atom. The normalized spacial score (nSPS) is 15.4. The van der Waals surface area contributed by atoms with Crippen LogP contribution in [0.1, 0.15) is 57.1 Å². The van der Waals surface area contributed by atoms with Gasteiger partial charge in [-0.05, 0) is 44.6 Å². The zero-order valence-corrected chi connectivity index (χ0v) is 15.9. The second-order valence-corrected chi connectivity index (χ2v) is 7.17. The minimum atomic E-state index is 0.116. The van der Waals surface area contributed by atoms with Crippen molar-refractivity contribution in [2.75, 3.05) is 13.1 Å². The molecule has 25 heavy (non-hydrogen) atoms. The van der Waals surface area contributed by atoms with Crippen LogP contribution in [0, 0.1) is 12.8 Å². The van der Waals surface area contributed by atoms with Gasteiger partial charge in [-0.2, -0.15) is 0 Å². The molecule has 2 rings (SSSR count). The van der Waals surface area contributed by atoms with Gasteiger partial charge in [0.05, 0.1) is 0 Å². The molecule has 138 valence electrons. The van der Waals surface area contributed by atoms with Gasteiger partial charge in [0.15, 0.2) is 0 Å². The van der Waals surface area contributed by atoms with E-state index in [4.69, 9.17) is 0 Å². The summed E-state index contributed by atoms with van der Waals surface area (Å²) >= 11 is 0. The van der Waals surface area contributed by atoms with Crippen molar-refractivity contribution in [2.24, 2.45) is 5.92 Å². The van der Waals surface area contributed by atoms with Crippen molar-refractivity contribution in [3.8, 4) is 0 Å². The molecule has 0 aliphatic carbocycles. The molecule has 0 atom stereocenters. The van der Waals surface area contributed by atoms with Gasteiger partial charge in [-0.3, -0.25) is 9.59 Å². The Morgan fingerprint density at radius 1 is 1.12 bits per heavy atom. The van der Waals surface area contributed by atoms with Crippen molar-refractivity contribution >= 4 is 11.8 Å². The first-order valence-corrected chi connectivity index (χ1v) is 9.67. The lowest BCUT2D eigenvalue weighted by Gasteiger charge is -2.34. The second-order valence-electron chi connectivity index (χ2n) is 7.17. The summed E-state index contributed by atoms with van der Waals surface area (Å²) < 4.78 is 0. The first-order valence-electron chi connectivity index (χ1n) is 9.67. The molecular formula is C21H32N2O2. The maximum absolute atomic E-state index is 12.4. The van der Waals surface area contributed by atoms with E-state index in [1.807, 2.05) is 4.90 Å². The summed E-state index contributed by atoms with van der Waals surface area (Å²) in [7, 11) is 0. The monoisotopic (exact) mass is 344 g/mol. The summed E-state index contributed by atoms with van der Waals surface area (Å²) in [6.45, 7) is 7.74. The molecule has 1 aromatic carbocycles. The van der Waals surface area contributed by atoms with Gasteiger partial charge in [0.2, 0.25) is 11.8 Å². The molecule has 1 aromatic rings. The Labute approximate surface area is 152 Å². The lowest BCUT2D eigenvalue weighted by atomic mass is 9.98. The molecule has 1 fully saturated rings. The van der Waals surface area contributed by atoms with Gasteiger partial charge >= 0.3 is 0 Å². The van der Waals surface area contributed by atoms with Crippen LogP contribution in [0.4, 0.5) is 0 Å². The van der Waals surface area contributed by atoms with E-state index in [0.717, 1.165) is 45.2 Å². The maximum atomic E-state index is 12.4. The zero-order valence-electron chi connectivity index (χ0n) is 15.9. The van der Waals surface area contributed by atoms with E-state index in [1.165, 1.54) is 11.1 Å². The first-order chi connectivity index (χ1) is 12.0. The highest BCUT2D eigenvalue weighted by atomic mass is 16.2. The van der Waals surface area contributed by atoms with E-state index in [0.29, 0.717) is 6.42 Å². The fraction of sp³-hybridized carbons (Fsp3) is 0.619. The van der Waals surface area contributed by atoms with Crippen LogP contribution in [-0.2, 0) is 16.0 Å². The molecule has 0 unspecified atom stereocenters. The van der Waals surface area contributed by atoms with Gasteiger partial charge in [-0.15, -0.1) is 0 Å². The van der Waals surface area contributed by atoms with Crippen LogP contribution in [0.15, 0.2) is 24.3 Å². The van der Waals surface area contributed by atoms with Crippen LogP contribution >= 0.6 is 0 Å². The molecule has 4 nitrogen and oxygen atoms in total. The molecule has 1 aliphatic rings. The second kappa shape index (κ2) is 9.59. The van der Waals surface area contributed by atoms with Gasteiger partial charge in [0.25, 0.3) is 0 Å². The van der Waals surface area contributed by atoms with Crippen LogP contribution in [0.25, 0.3) is 0 Å². The highest BCUT2D eigenvalue weighted by molar-refractivity contribution is 5.79. The fourth-order valence-corrected chi connectivity index (χ4v) is 3.45. The number of hydrogen-bond acceptors (Lipinski definition) is 2. The summed E-state index contributed by atoms with van der Waals surface area (Å²) in [5, 5.41) is 3.14. The van der Waals surface area contributed by atoms with E-state index in [2.05, 4.69) is 50.4 Å². The number of rotatable bonds is 7. The van der Waals surface area contributed by atoms with Crippen LogP contribution in [0.3, 0.4) is 0 Å². The summed E-state index contributed by atoms with van der Waals surface area (Å²) in [5.74, 6) is 0.556. The number of nitrogens with one attached hydrogen (secondary N) is 1. The molecule has 1 aliphatic heterocycles. The Morgan fingerprint density at radius 3 is 2.28 bits per heavy atom. The molecule has 1 heterocycles. The van der Waals surface area contributed by atoms with Crippen molar-refractivity contribution in [1.82, 2.24) is 10.2 Å². The van der Waals surface area contributed by atoms with Crippen molar-refractivity contribution in [1.29, 1.82) is 0 Å². The average Bonchev–Trinajstić information content (AvgIpc) is 2.63. The number of benzene rings is 1. The number of amides is 2. The summed E-state index contributed by atoms with van der Waals surface area (Å²) in [6, 6.07) is 8.55. The molecule has 0 bridgehead atoms. The molecular weight excluding hydrogens is 312 g/mol. The third-order valence-electron chi connectivity index (χ3n) is 5.27. The third-order valence-corrected chi connectivity index (χ3v) is 5.27. The summed E-state index contributed by atoms with van der Waals surface area (Å²) in [6.07, 6.45) is 4.84. The minimum absolute atomic E-state index is 0.116. The Balaban J connectivity index is 1.71. The SMILES string of the molecule is CCC(CC)C(=O)N1CCC(NC(=O)CCc2ccc(C)cc2)CC1. The zero-order chi connectivity index (χ0) is 18.2. The van der Waals surface area contributed by atoms with Crippen molar-refractivity contribution < 1.29 is 9.59 Å². The van der Waals surface area contributed by atoms with Crippen LogP contribution in [0.5, 0.6) is 0 Å². The molecule has 2 amide bonds.